The smallest absolute Gasteiger partial charge is 0.337 e. The Labute approximate surface area is 98.9 Å². The second kappa shape index (κ2) is 5.60. The van der Waals surface area contributed by atoms with E-state index in [-0.39, 0.29) is 12.1 Å². The van der Waals surface area contributed by atoms with E-state index < -0.39 is 16.0 Å². The number of hydrogen-bond donors (Lipinski definition) is 3. The molecular formula is C9H13N3O4S. The number of nitrogens with zero attached hydrogens (tertiary/aromatic N) is 1. The number of nitrogens with one attached hydrogen (secondary N) is 2. The molecule has 1 heterocycles. The predicted octanol–water partition coefficient (Wildman–Crippen LogP) is -0.259. The molecule has 0 radical (unpaired) electrons. The Morgan fingerprint density at radius 3 is 2.59 bits per heavy atom. The highest BCUT2D eigenvalue weighted by atomic mass is 32.2. The van der Waals surface area contributed by atoms with Crippen molar-refractivity contribution >= 4 is 21.8 Å². The lowest BCUT2D eigenvalue weighted by Crippen LogP contribution is -2.27. The van der Waals surface area contributed by atoms with Gasteiger partial charge in [-0.05, 0) is 12.1 Å². The van der Waals surface area contributed by atoms with Crippen LogP contribution < -0.4 is 10.0 Å². The van der Waals surface area contributed by atoms with Gasteiger partial charge >= 0.3 is 5.97 Å². The van der Waals surface area contributed by atoms with Crippen molar-refractivity contribution in [1.82, 2.24) is 9.71 Å². The molecule has 1 rings (SSSR count). The van der Waals surface area contributed by atoms with Crippen molar-refractivity contribution in [2.24, 2.45) is 0 Å². The van der Waals surface area contributed by atoms with Crippen molar-refractivity contribution in [1.29, 1.82) is 0 Å². The highest BCUT2D eigenvalue weighted by Gasteiger charge is 2.03. The summed E-state index contributed by atoms with van der Waals surface area (Å²) in [6.45, 7) is 0.605. The van der Waals surface area contributed by atoms with Gasteiger partial charge < -0.3 is 10.4 Å². The summed E-state index contributed by atoms with van der Waals surface area (Å²) < 4.78 is 23.8. The number of aromatic carboxylic acids is 1. The molecule has 0 fully saturated rings. The number of carbonyl (C=O) groups is 1. The summed E-state index contributed by atoms with van der Waals surface area (Å²) in [5.74, 6) is -0.548. The Kier molecular flexibility index (Phi) is 4.41. The fraction of sp³-hybridized carbons (Fsp3) is 0.333. The zero-order valence-electron chi connectivity index (χ0n) is 9.17. The van der Waals surface area contributed by atoms with E-state index in [1.807, 2.05) is 0 Å². The Hall–Kier alpha value is -1.67. The molecule has 94 valence electrons. The number of anilines is 1. The second-order valence-electron chi connectivity index (χ2n) is 3.33. The quantitative estimate of drug-likeness (QED) is 0.607. The van der Waals surface area contributed by atoms with Gasteiger partial charge in [-0.15, -0.1) is 0 Å². The molecule has 0 aliphatic carbocycles. The number of hydrogen-bond acceptors (Lipinski definition) is 5. The topological polar surface area (TPSA) is 108 Å². The molecule has 0 aliphatic rings. The maximum atomic E-state index is 10.7. The number of sulfonamides is 1. The first-order chi connectivity index (χ1) is 7.88. The van der Waals surface area contributed by atoms with Crippen LogP contribution in [-0.4, -0.2) is 43.8 Å². The normalized spacial score (nSPS) is 11.1. The zero-order valence-corrected chi connectivity index (χ0v) is 9.99. The molecule has 1 aromatic heterocycles. The minimum absolute atomic E-state index is 0.102. The third kappa shape index (κ3) is 5.27. The minimum atomic E-state index is -3.18. The maximum absolute atomic E-state index is 10.7. The molecule has 3 N–H and O–H groups in total. The van der Waals surface area contributed by atoms with Gasteiger partial charge in [0.05, 0.1) is 11.8 Å². The third-order valence-corrected chi connectivity index (χ3v) is 2.53. The van der Waals surface area contributed by atoms with Crippen molar-refractivity contribution in [3.63, 3.8) is 0 Å². The van der Waals surface area contributed by atoms with Crippen molar-refractivity contribution in [3.8, 4) is 0 Å². The molecule has 0 bridgehead atoms. The second-order valence-corrected chi connectivity index (χ2v) is 5.16. The SMILES string of the molecule is CS(=O)(=O)NCCNc1ccc(C(=O)O)cn1. The van der Waals surface area contributed by atoms with Crippen LogP contribution in [0.4, 0.5) is 5.82 Å². The van der Waals surface area contributed by atoms with Gasteiger partial charge in [0.1, 0.15) is 5.82 Å². The highest BCUT2D eigenvalue weighted by Crippen LogP contribution is 2.04. The number of pyridine rings is 1. The number of rotatable bonds is 6. The fourth-order valence-corrected chi connectivity index (χ4v) is 1.52. The van der Waals surface area contributed by atoms with Crippen LogP contribution in [0, 0.1) is 0 Å². The lowest BCUT2D eigenvalue weighted by atomic mass is 10.3. The lowest BCUT2D eigenvalue weighted by Gasteiger charge is -2.05. The summed E-state index contributed by atoms with van der Waals surface area (Å²) in [6, 6.07) is 2.94. The molecule has 0 aliphatic heterocycles. The van der Waals surface area contributed by atoms with Crippen LogP contribution in [-0.2, 0) is 10.0 Å². The van der Waals surface area contributed by atoms with Crippen LogP contribution in [0.5, 0.6) is 0 Å². The molecule has 0 amide bonds. The van der Waals surface area contributed by atoms with Gasteiger partial charge in [-0.1, -0.05) is 0 Å². The first-order valence-corrected chi connectivity index (χ1v) is 6.65. The van der Waals surface area contributed by atoms with Crippen LogP contribution in [0.3, 0.4) is 0 Å². The molecule has 0 saturated heterocycles. The van der Waals surface area contributed by atoms with Crippen LogP contribution in [0.15, 0.2) is 18.3 Å². The predicted molar refractivity (Wildman–Crippen MR) is 62.5 cm³/mol. The average Bonchev–Trinajstić information content (AvgIpc) is 2.24. The maximum Gasteiger partial charge on any atom is 0.337 e. The Balaban J connectivity index is 2.40. The molecule has 0 saturated carbocycles. The molecule has 0 atom stereocenters. The van der Waals surface area contributed by atoms with Crippen molar-refractivity contribution in [3.05, 3.63) is 23.9 Å². The van der Waals surface area contributed by atoms with Gasteiger partial charge in [-0.2, -0.15) is 0 Å². The fourth-order valence-electron chi connectivity index (χ4n) is 1.05. The van der Waals surface area contributed by atoms with Crippen LogP contribution in [0.2, 0.25) is 0 Å². The van der Waals surface area contributed by atoms with E-state index in [4.69, 9.17) is 5.11 Å². The average molecular weight is 259 g/mol. The Morgan fingerprint density at radius 2 is 2.12 bits per heavy atom. The van der Waals surface area contributed by atoms with Crippen molar-refractivity contribution < 1.29 is 18.3 Å². The summed E-state index contributed by atoms with van der Waals surface area (Å²) in [7, 11) is -3.18. The van der Waals surface area contributed by atoms with E-state index >= 15 is 0 Å². The van der Waals surface area contributed by atoms with E-state index in [1.54, 1.807) is 0 Å². The first kappa shape index (κ1) is 13.4. The first-order valence-electron chi connectivity index (χ1n) is 4.76. The standard InChI is InChI=1S/C9H13N3O4S/c1-17(15,16)12-5-4-10-8-3-2-7(6-11-8)9(13)14/h2-3,6,12H,4-5H2,1H3,(H,10,11)(H,13,14). The number of carboxylic acid groups (broad SMARTS) is 1. The van der Waals surface area contributed by atoms with E-state index in [2.05, 4.69) is 15.0 Å². The number of aromatic nitrogens is 1. The van der Waals surface area contributed by atoms with Gasteiger partial charge in [0.2, 0.25) is 10.0 Å². The van der Waals surface area contributed by atoms with Gasteiger partial charge in [0, 0.05) is 19.3 Å². The van der Waals surface area contributed by atoms with Gasteiger partial charge in [-0.3, -0.25) is 0 Å². The van der Waals surface area contributed by atoms with E-state index in [0.29, 0.717) is 12.4 Å². The Bertz CT molecular complexity index is 483. The molecule has 7 nitrogen and oxygen atoms in total. The minimum Gasteiger partial charge on any atom is -0.478 e. The molecule has 0 aromatic carbocycles. The third-order valence-electron chi connectivity index (χ3n) is 1.81. The molecular weight excluding hydrogens is 246 g/mol. The number of carboxylic acids is 1. The largest absolute Gasteiger partial charge is 0.478 e. The summed E-state index contributed by atoms with van der Waals surface area (Å²) in [4.78, 5) is 14.4. The van der Waals surface area contributed by atoms with Gasteiger partial charge in [0.25, 0.3) is 0 Å². The van der Waals surface area contributed by atoms with Gasteiger partial charge in [0.15, 0.2) is 0 Å². The summed E-state index contributed by atoms with van der Waals surface area (Å²) in [6.07, 6.45) is 2.31. The summed E-state index contributed by atoms with van der Waals surface area (Å²) >= 11 is 0. The molecule has 0 unspecified atom stereocenters. The van der Waals surface area contributed by atoms with Crippen LogP contribution in [0.25, 0.3) is 0 Å². The molecule has 0 spiro atoms. The molecule has 1 aromatic rings. The molecule has 17 heavy (non-hydrogen) atoms. The van der Waals surface area contributed by atoms with Crippen LogP contribution >= 0.6 is 0 Å². The summed E-state index contributed by atoms with van der Waals surface area (Å²) in [5, 5.41) is 11.5. The molecule has 8 heteroatoms. The summed E-state index contributed by atoms with van der Waals surface area (Å²) in [5.41, 5.74) is 0.102. The lowest BCUT2D eigenvalue weighted by molar-refractivity contribution is 0.0696. The van der Waals surface area contributed by atoms with E-state index in [0.717, 1.165) is 6.26 Å². The zero-order chi connectivity index (χ0) is 12.9. The van der Waals surface area contributed by atoms with Crippen LogP contribution in [0.1, 0.15) is 10.4 Å². The monoisotopic (exact) mass is 259 g/mol. The Morgan fingerprint density at radius 1 is 1.41 bits per heavy atom. The van der Waals surface area contributed by atoms with Crippen molar-refractivity contribution in [2.75, 3.05) is 24.7 Å². The van der Waals surface area contributed by atoms with E-state index in [1.165, 1.54) is 18.3 Å². The van der Waals surface area contributed by atoms with E-state index in [9.17, 15) is 13.2 Å². The highest BCUT2D eigenvalue weighted by molar-refractivity contribution is 7.88. The van der Waals surface area contributed by atoms with Gasteiger partial charge in [-0.25, -0.2) is 22.9 Å². The van der Waals surface area contributed by atoms with Crippen molar-refractivity contribution in [2.45, 2.75) is 0 Å².